The van der Waals surface area contributed by atoms with Crippen LogP contribution in [0.4, 0.5) is 5.69 Å². The van der Waals surface area contributed by atoms with Crippen LogP contribution in [0.25, 0.3) is 21.7 Å². The minimum atomic E-state index is -3.89. The maximum atomic E-state index is 13.4. The van der Waals surface area contributed by atoms with Gasteiger partial charge in [0.2, 0.25) is 15.7 Å². The van der Waals surface area contributed by atoms with Crippen LogP contribution in [-0.4, -0.2) is 30.6 Å². The predicted octanol–water partition coefficient (Wildman–Crippen LogP) is 2.83. The molecule has 8 heteroatoms. The molecule has 1 atom stereocenters. The smallest absolute Gasteiger partial charge is 0.240 e. The number of nitrogens with zero attached hydrogens (tertiary/aromatic N) is 1. The molecule has 4 aromatic rings. The fourth-order valence-corrected chi connectivity index (χ4v) is 4.63. The van der Waals surface area contributed by atoms with Crippen LogP contribution in [0.1, 0.15) is 6.92 Å². The maximum Gasteiger partial charge on any atom is 0.240 e. The molecule has 142 valence electrons. The van der Waals surface area contributed by atoms with E-state index in [4.69, 9.17) is 5.73 Å². The molecule has 4 rings (SSSR count). The lowest BCUT2D eigenvalue weighted by molar-refractivity contribution is -0.117. The summed E-state index contributed by atoms with van der Waals surface area (Å²) in [6.45, 7) is 1.57. The Hall–Kier alpha value is -3.23. The first-order chi connectivity index (χ1) is 13.4. The molecule has 0 saturated carbocycles. The number of hydrogen-bond donors (Lipinski definition) is 3. The van der Waals surface area contributed by atoms with E-state index in [1.54, 1.807) is 49.4 Å². The van der Waals surface area contributed by atoms with Crippen molar-refractivity contribution in [3.8, 4) is 0 Å². The summed E-state index contributed by atoms with van der Waals surface area (Å²) < 4.78 is 26.7. The fraction of sp³-hybridized carbons (Fsp3) is 0.100. The zero-order chi connectivity index (χ0) is 19.9. The molecule has 1 unspecified atom stereocenters. The Morgan fingerprint density at radius 3 is 2.61 bits per heavy atom. The molecule has 0 saturated heterocycles. The molecule has 0 spiro atoms. The second-order valence-corrected chi connectivity index (χ2v) is 8.38. The monoisotopic (exact) mass is 394 g/mol. The van der Waals surface area contributed by atoms with Crippen molar-refractivity contribution in [2.24, 2.45) is 5.73 Å². The van der Waals surface area contributed by atoms with E-state index < -0.39 is 15.9 Å². The van der Waals surface area contributed by atoms with Crippen LogP contribution in [0.15, 0.2) is 70.6 Å². The molecule has 4 N–H and O–H groups in total. The summed E-state index contributed by atoms with van der Waals surface area (Å²) in [5.74, 6) is -0.360. The molecule has 0 aliphatic heterocycles. The number of hydrogen-bond acceptors (Lipinski definition) is 5. The van der Waals surface area contributed by atoms with Gasteiger partial charge in [0.05, 0.1) is 16.5 Å². The molecular formula is C20H18N4O3S. The number of amides is 1. The molecule has 0 radical (unpaired) electrons. The van der Waals surface area contributed by atoms with E-state index in [9.17, 15) is 13.2 Å². The summed E-state index contributed by atoms with van der Waals surface area (Å²) >= 11 is 0. The number of H-pyrrole nitrogens is 1. The van der Waals surface area contributed by atoms with Crippen molar-refractivity contribution in [1.29, 1.82) is 0 Å². The largest absolute Gasteiger partial charge is 0.325 e. The molecule has 0 aliphatic carbocycles. The normalized spacial score (nSPS) is 12.9. The number of carbonyl (C=O) groups excluding carboxylic acids is 1. The van der Waals surface area contributed by atoms with Gasteiger partial charge in [0.25, 0.3) is 0 Å². The van der Waals surface area contributed by atoms with E-state index in [2.05, 4.69) is 15.5 Å². The number of anilines is 1. The highest BCUT2D eigenvalue weighted by Crippen LogP contribution is 2.32. The Morgan fingerprint density at radius 1 is 1.07 bits per heavy atom. The van der Waals surface area contributed by atoms with Gasteiger partial charge < -0.3 is 11.1 Å². The molecular weight excluding hydrogens is 376 g/mol. The summed E-state index contributed by atoms with van der Waals surface area (Å²) in [6, 6.07) is 16.6. The summed E-state index contributed by atoms with van der Waals surface area (Å²) in [7, 11) is -3.89. The number of rotatable bonds is 4. The van der Waals surface area contributed by atoms with Crippen LogP contribution in [0, 0.1) is 0 Å². The quantitative estimate of drug-likeness (QED) is 0.492. The lowest BCUT2D eigenvalue weighted by Crippen LogP contribution is -2.32. The maximum absolute atomic E-state index is 13.4. The van der Waals surface area contributed by atoms with Crippen molar-refractivity contribution in [1.82, 2.24) is 10.2 Å². The number of benzene rings is 3. The van der Waals surface area contributed by atoms with Crippen molar-refractivity contribution in [2.75, 3.05) is 5.32 Å². The average molecular weight is 394 g/mol. The Kier molecular flexibility index (Phi) is 4.37. The minimum absolute atomic E-state index is 0.0873. The van der Waals surface area contributed by atoms with Gasteiger partial charge in [-0.25, -0.2) is 8.42 Å². The first-order valence-corrected chi connectivity index (χ1v) is 10.1. The van der Waals surface area contributed by atoms with Gasteiger partial charge in [-0.05, 0) is 36.6 Å². The van der Waals surface area contributed by atoms with Crippen molar-refractivity contribution < 1.29 is 13.2 Å². The number of nitrogens with two attached hydrogens (primary N) is 1. The average Bonchev–Trinajstić information content (AvgIpc) is 3.11. The first kappa shape index (κ1) is 18.1. The van der Waals surface area contributed by atoms with Gasteiger partial charge in [-0.15, -0.1) is 0 Å². The number of nitrogens with one attached hydrogen (secondary N) is 2. The van der Waals surface area contributed by atoms with Crippen molar-refractivity contribution >= 4 is 43.1 Å². The number of aromatic amines is 1. The van der Waals surface area contributed by atoms with Crippen molar-refractivity contribution in [2.45, 2.75) is 22.9 Å². The van der Waals surface area contributed by atoms with Gasteiger partial charge in [0.1, 0.15) is 0 Å². The molecule has 0 bridgehead atoms. The third kappa shape index (κ3) is 3.02. The van der Waals surface area contributed by atoms with Crippen LogP contribution in [-0.2, 0) is 14.6 Å². The molecule has 0 aliphatic rings. The summed E-state index contributed by atoms with van der Waals surface area (Å²) in [4.78, 5) is 12.0. The standard InChI is InChI=1S/C20H18N4O3S/c1-12(21)19(25)22-14-9-10-17-16(11-14)20(24-23-17)28(26,27)18-8-4-6-13-5-2-3-7-15(13)18/h2-12H,21H2,1H3,(H,22,25)(H,23,24). The Balaban J connectivity index is 1.87. The second kappa shape index (κ2) is 6.74. The van der Waals surface area contributed by atoms with Crippen LogP contribution in [0.3, 0.4) is 0 Å². The highest BCUT2D eigenvalue weighted by Gasteiger charge is 2.26. The van der Waals surface area contributed by atoms with Crippen LogP contribution in [0.5, 0.6) is 0 Å². The van der Waals surface area contributed by atoms with Gasteiger partial charge in [0, 0.05) is 16.5 Å². The van der Waals surface area contributed by atoms with E-state index in [-0.39, 0.29) is 15.8 Å². The Morgan fingerprint density at radius 2 is 1.82 bits per heavy atom. The molecule has 3 aromatic carbocycles. The van der Waals surface area contributed by atoms with E-state index in [0.717, 1.165) is 5.39 Å². The van der Waals surface area contributed by atoms with Gasteiger partial charge in [-0.2, -0.15) is 5.10 Å². The summed E-state index contributed by atoms with van der Waals surface area (Å²) in [6.07, 6.45) is 0. The number of fused-ring (bicyclic) bond motifs is 2. The minimum Gasteiger partial charge on any atom is -0.325 e. The first-order valence-electron chi connectivity index (χ1n) is 8.65. The lowest BCUT2D eigenvalue weighted by atomic mass is 10.1. The fourth-order valence-electron chi connectivity index (χ4n) is 3.06. The Labute approximate surface area is 161 Å². The van der Waals surface area contributed by atoms with Gasteiger partial charge in [-0.3, -0.25) is 9.89 Å². The van der Waals surface area contributed by atoms with Crippen molar-refractivity contribution in [3.63, 3.8) is 0 Å². The highest BCUT2D eigenvalue weighted by atomic mass is 32.2. The van der Waals surface area contributed by atoms with E-state index in [1.807, 2.05) is 18.2 Å². The van der Waals surface area contributed by atoms with E-state index in [0.29, 0.717) is 22.0 Å². The second-order valence-electron chi connectivity index (χ2n) is 6.55. The Bertz CT molecular complexity index is 1300. The SMILES string of the molecule is CC(N)C(=O)Nc1ccc2[nH]nc(S(=O)(=O)c3cccc4ccccc34)c2c1. The molecule has 0 fully saturated rings. The lowest BCUT2D eigenvalue weighted by Gasteiger charge is -2.09. The van der Waals surface area contributed by atoms with Gasteiger partial charge in [0.15, 0.2) is 5.03 Å². The van der Waals surface area contributed by atoms with E-state index in [1.165, 1.54) is 0 Å². The topological polar surface area (TPSA) is 118 Å². The molecule has 28 heavy (non-hydrogen) atoms. The number of carbonyl (C=O) groups is 1. The number of aromatic nitrogens is 2. The molecule has 1 heterocycles. The summed E-state index contributed by atoms with van der Waals surface area (Å²) in [5.41, 5.74) is 6.58. The van der Waals surface area contributed by atoms with Crippen LogP contribution in [0.2, 0.25) is 0 Å². The zero-order valence-electron chi connectivity index (χ0n) is 15.0. The summed E-state index contributed by atoms with van der Waals surface area (Å²) in [5, 5.41) is 11.2. The van der Waals surface area contributed by atoms with E-state index >= 15 is 0 Å². The number of sulfone groups is 1. The predicted molar refractivity (Wildman–Crippen MR) is 108 cm³/mol. The van der Waals surface area contributed by atoms with Crippen LogP contribution < -0.4 is 11.1 Å². The van der Waals surface area contributed by atoms with Crippen LogP contribution >= 0.6 is 0 Å². The molecule has 7 nitrogen and oxygen atoms in total. The van der Waals surface area contributed by atoms with Crippen molar-refractivity contribution in [3.05, 3.63) is 60.7 Å². The van der Waals surface area contributed by atoms with Gasteiger partial charge in [-0.1, -0.05) is 36.4 Å². The molecule has 1 aromatic heterocycles. The highest BCUT2D eigenvalue weighted by molar-refractivity contribution is 7.91. The van der Waals surface area contributed by atoms with Gasteiger partial charge >= 0.3 is 0 Å². The molecule has 1 amide bonds. The third-order valence-electron chi connectivity index (χ3n) is 4.50. The third-order valence-corrected chi connectivity index (χ3v) is 6.26. The zero-order valence-corrected chi connectivity index (χ0v) is 15.8.